The molecule has 128 valence electrons. The van der Waals surface area contributed by atoms with Crippen LogP contribution < -0.4 is 5.48 Å². The molecule has 0 saturated carbocycles. The zero-order chi connectivity index (χ0) is 18.4. The van der Waals surface area contributed by atoms with Crippen LogP contribution in [0.1, 0.15) is 22.6 Å². The number of aromatic amines is 1. The third-order valence-electron chi connectivity index (χ3n) is 3.81. The van der Waals surface area contributed by atoms with Gasteiger partial charge in [0.1, 0.15) is 11.9 Å². The predicted molar refractivity (Wildman–Crippen MR) is 96.9 cm³/mol. The summed E-state index contributed by atoms with van der Waals surface area (Å²) in [6, 6.07) is 19.3. The Hall–Kier alpha value is -3.69. The summed E-state index contributed by atoms with van der Waals surface area (Å²) in [6.07, 6.45) is 3.40. The van der Waals surface area contributed by atoms with Crippen LogP contribution in [0.15, 0.2) is 60.7 Å². The van der Waals surface area contributed by atoms with Gasteiger partial charge in [0.2, 0.25) is 0 Å². The van der Waals surface area contributed by atoms with Crippen LogP contribution in [-0.4, -0.2) is 21.1 Å². The van der Waals surface area contributed by atoms with Gasteiger partial charge < -0.3 is 4.98 Å². The number of rotatable bonds is 5. The molecular weight excluding hydrogens is 328 g/mol. The third-order valence-corrected chi connectivity index (χ3v) is 3.81. The molecule has 0 aliphatic carbocycles. The second-order valence-electron chi connectivity index (χ2n) is 5.61. The van der Waals surface area contributed by atoms with Crippen molar-refractivity contribution in [2.75, 3.05) is 0 Å². The lowest BCUT2D eigenvalue weighted by atomic mass is 10.1. The Kier molecular flexibility index (Phi) is 5.22. The quantitative estimate of drug-likeness (QED) is 0.376. The highest BCUT2D eigenvalue weighted by atomic mass is 16.5. The van der Waals surface area contributed by atoms with Crippen molar-refractivity contribution in [1.29, 1.82) is 5.26 Å². The van der Waals surface area contributed by atoms with Gasteiger partial charge in [0, 0.05) is 18.1 Å². The molecule has 0 atom stereocenters. The molecule has 3 rings (SSSR count). The Morgan fingerprint density at radius 2 is 1.92 bits per heavy atom. The summed E-state index contributed by atoms with van der Waals surface area (Å²) in [6.45, 7) is 0. The van der Waals surface area contributed by atoms with E-state index >= 15 is 0 Å². The highest BCUT2D eigenvalue weighted by molar-refractivity contribution is 5.90. The van der Waals surface area contributed by atoms with Gasteiger partial charge >= 0.3 is 0 Å². The van der Waals surface area contributed by atoms with Gasteiger partial charge in [-0.05, 0) is 17.2 Å². The van der Waals surface area contributed by atoms with Crippen molar-refractivity contribution in [3.63, 3.8) is 0 Å². The molecule has 0 aliphatic heterocycles. The number of hydroxylamine groups is 1. The van der Waals surface area contributed by atoms with E-state index in [0.29, 0.717) is 17.9 Å². The van der Waals surface area contributed by atoms with Gasteiger partial charge in [-0.2, -0.15) is 5.26 Å². The monoisotopic (exact) mass is 344 g/mol. The zero-order valence-corrected chi connectivity index (χ0v) is 13.8. The van der Waals surface area contributed by atoms with Crippen LogP contribution >= 0.6 is 0 Å². The number of imidazole rings is 1. The zero-order valence-electron chi connectivity index (χ0n) is 13.8. The van der Waals surface area contributed by atoms with E-state index in [1.54, 1.807) is 11.6 Å². The average Bonchev–Trinajstić information content (AvgIpc) is 3.10. The summed E-state index contributed by atoms with van der Waals surface area (Å²) >= 11 is 0. The fraction of sp³-hybridized carbons (Fsp3) is 0.0500. The number of benzene rings is 2. The standard InChI is InChI=1S/C20H16N4O2/c21-13-17-20(16-4-2-1-3-5-16)23-18(22-17)12-15-8-6-14(7-9-15)10-11-19(25)24-26/h1-11,26H,12H2,(H,22,23)(H,24,25)/b11-10+. The number of amides is 1. The first kappa shape index (κ1) is 17.1. The van der Waals surface area contributed by atoms with Crippen molar-refractivity contribution in [2.24, 2.45) is 0 Å². The van der Waals surface area contributed by atoms with Crippen LogP contribution in [0, 0.1) is 11.3 Å². The summed E-state index contributed by atoms with van der Waals surface area (Å²) in [7, 11) is 0. The van der Waals surface area contributed by atoms with Crippen LogP contribution in [0.4, 0.5) is 0 Å². The van der Waals surface area contributed by atoms with Gasteiger partial charge in [-0.3, -0.25) is 10.0 Å². The van der Waals surface area contributed by atoms with E-state index in [-0.39, 0.29) is 0 Å². The first-order valence-corrected chi connectivity index (χ1v) is 7.95. The van der Waals surface area contributed by atoms with Crippen molar-refractivity contribution in [3.05, 3.63) is 83.3 Å². The van der Waals surface area contributed by atoms with Gasteiger partial charge in [-0.15, -0.1) is 0 Å². The van der Waals surface area contributed by atoms with Crippen molar-refractivity contribution in [1.82, 2.24) is 15.4 Å². The molecule has 3 N–H and O–H groups in total. The van der Waals surface area contributed by atoms with Crippen molar-refractivity contribution < 1.29 is 10.0 Å². The lowest BCUT2D eigenvalue weighted by molar-refractivity contribution is -0.124. The molecule has 0 unspecified atom stereocenters. The van der Waals surface area contributed by atoms with Crippen LogP contribution in [0.5, 0.6) is 0 Å². The molecule has 0 fully saturated rings. The number of nitriles is 1. The maximum absolute atomic E-state index is 11.0. The van der Waals surface area contributed by atoms with Crippen LogP contribution in [0.2, 0.25) is 0 Å². The highest BCUT2D eigenvalue weighted by Crippen LogP contribution is 2.22. The number of hydrogen-bond acceptors (Lipinski definition) is 4. The number of hydrogen-bond donors (Lipinski definition) is 3. The first-order valence-electron chi connectivity index (χ1n) is 7.95. The summed E-state index contributed by atoms with van der Waals surface area (Å²) in [5.41, 5.74) is 5.41. The number of H-pyrrole nitrogens is 1. The van der Waals surface area contributed by atoms with E-state index in [2.05, 4.69) is 16.0 Å². The molecule has 1 aromatic heterocycles. The Labute approximate surface area is 150 Å². The van der Waals surface area contributed by atoms with Gasteiger partial charge in [0.25, 0.3) is 5.91 Å². The summed E-state index contributed by atoms with van der Waals surface area (Å²) < 4.78 is 0. The molecule has 0 radical (unpaired) electrons. The number of nitrogens with one attached hydrogen (secondary N) is 2. The van der Waals surface area contributed by atoms with Crippen LogP contribution in [-0.2, 0) is 11.2 Å². The molecule has 2 aromatic carbocycles. The molecule has 0 spiro atoms. The topological polar surface area (TPSA) is 102 Å². The molecule has 0 aliphatic rings. The van der Waals surface area contributed by atoms with Gasteiger partial charge in [0.05, 0.1) is 5.69 Å². The minimum Gasteiger partial charge on any atom is -0.341 e. The minimum atomic E-state index is -0.581. The maximum Gasteiger partial charge on any atom is 0.267 e. The molecule has 0 saturated heterocycles. The molecule has 1 heterocycles. The van der Waals surface area contributed by atoms with Gasteiger partial charge in [-0.1, -0.05) is 54.6 Å². The van der Waals surface area contributed by atoms with Crippen molar-refractivity contribution in [2.45, 2.75) is 6.42 Å². The number of carbonyl (C=O) groups is 1. The Balaban J connectivity index is 1.77. The summed E-state index contributed by atoms with van der Waals surface area (Å²) in [5.74, 6) is 0.130. The smallest absolute Gasteiger partial charge is 0.267 e. The number of carbonyl (C=O) groups excluding carboxylic acids is 1. The van der Waals surface area contributed by atoms with E-state index in [0.717, 1.165) is 22.4 Å². The fourth-order valence-electron chi connectivity index (χ4n) is 2.55. The lowest BCUT2D eigenvalue weighted by Gasteiger charge is -2.00. The van der Waals surface area contributed by atoms with E-state index < -0.39 is 5.91 Å². The Morgan fingerprint density at radius 3 is 2.58 bits per heavy atom. The van der Waals surface area contributed by atoms with E-state index in [1.807, 2.05) is 54.6 Å². The fourth-order valence-corrected chi connectivity index (χ4v) is 2.55. The molecule has 0 bridgehead atoms. The lowest BCUT2D eigenvalue weighted by Crippen LogP contribution is -2.14. The van der Waals surface area contributed by atoms with Crippen LogP contribution in [0.25, 0.3) is 17.3 Å². The molecular formula is C20H16N4O2. The second-order valence-corrected chi connectivity index (χ2v) is 5.61. The predicted octanol–water partition coefficient (Wildman–Crippen LogP) is 3.06. The highest BCUT2D eigenvalue weighted by Gasteiger charge is 2.11. The second kappa shape index (κ2) is 7.92. The molecule has 3 aromatic rings. The molecule has 6 nitrogen and oxygen atoms in total. The van der Waals surface area contributed by atoms with Crippen molar-refractivity contribution in [3.8, 4) is 17.3 Å². The molecule has 26 heavy (non-hydrogen) atoms. The third kappa shape index (κ3) is 4.04. The number of aromatic nitrogens is 2. The van der Waals surface area contributed by atoms with Gasteiger partial charge in [0.15, 0.2) is 5.69 Å². The van der Waals surface area contributed by atoms with E-state index in [9.17, 15) is 10.1 Å². The molecule has 6 heteroatoms. The maximum atomic E-state index is 11.0. The minimum absolute atomic E-state index is 0.376. The average molecular weight is 344 g/mol. The van der Waals surface area contributed by atoms with E-state index in [4.69, 9.17) is 5.21 Å². The SMILES string of the molecule is N#Cc1nc(Cc2ccc(/C=C/C(=O)NO)cc2)[nH]c1-c1ccccc1. The first-order chi connectivity index (χ1) is 12.7. The van der Waals surface area contributed by atoms with Crippen LogP contribution in [0.3, 0.4) is 0 Å². The van der Waals surface area contributed by atoms with E-state index in [1.165, 1.54) is 6.08 Å². The van der Waals surface area contributed by atoms with Gasteiger partial charge in [-0.25, -0.2) is 10.5 Å². The number of nitrogens with zero attached hydrogens (tertiary/aromatic N) is 2. The normalized spacial score (nSPS) is 10.6. The largest absolute Gasteiger partial charge is 0.341 e. The summed E-state index contributed by atoms with van der Waals surface area (Å²) in [5, 5.41) is 17.8. The van der Waals surface area contributed by atoms with Crippen molar-refractivity contribution >= 4 is 12.0 Å². The molecule has 1 amide bonds. The Morgan fingerprint density at radius 1 is 1.19 bits per heavy atom. The summed E-state index contributed by atoms with van der Waals surface area (Å²) in [4.78, 5) is 18.6. The Bertz CT molecular complexity index is 967.